The smallest absolute Gasteiger partial charge is 0.262 e. The van der Waals surface area contributed by atoms with Crippen molar-refractivity contribution >= 4 is 33.2 Å². The molecule has 0 heterocycles. The standard InChI is InChI=1S/C17H19ClN2O4S/c1-12-15(18)5-4-6-16(12)19-17(21)11-24-13-7-9-14(10-8-13)25(22,23)20(2)3/h4-10H,11H2,1-3H3,(H,19,21). The first-order valence-electron chi connectivity index (χ1n) is 7.42. The molecular weight excluding hydrogens is 364 g/mol. The van der Waals surface area contributed by atoms with E-state index in [1.807, 2.05) is 6.92 Å². The number of amides is 1. The molecular formula is C17H19ClN2O4S. The molecule has 0 saturated heterocycles. The van der Waals surface area contributed by atoms with Crippen LogP contribution in [0.4, 0.5) is 5.69 Å². The van der Waals surface area contributed by atoms with Crippen molar-refractivity contribution in [2.45, 2.75) is 11.8 Å². The molecule has 0 fully saturated rings. The maximum absolute atomic E-state index is 12.0. The third-order valence-electron chi connectivity index (χ3n) is 3.51. The summed E-state index contributed by atoms with van der Waals surface area (Å²) in [4.78, 5) is 12.1. The Morgan fingerprint density at radius 1 is 1.16 bits per heavy atom. The SMILES string of the molecule is Cc1c(Cl)cccc1NC(=O)COc1ccc(S(=O)(=O)N(C)C)cc1. The van der Waals surface area contributed by atoms with Crippen LogP contribution >= 0.6 is 11.6 Å². The minimum Gasteiger partial charge on any atom is -0.484 e. The average Bonchev–Trinajstić information content (AvgIpc) is 2.57. The second-order valence-electron chi connectivity index (χ2n) is 5.51. The Balaban J connectivity index is 1.97. The van der Waals surface area contributed by atoms with Gasteiger partial charge in [0.25, 0.3) is 5.91 Å². The Labute approximate surface area is 152 Å². The topological polar surface area (TPSA) is 75.7 Å². The lowest BCUT2D eigenvalue weighted by molar-refractivity contribution is -0.118. The van der Waals surface area contributed by atoms with Crippen molar-refractivity contribution in [3.63, 3.8) is 0 Å². The van der Waals surface area contributed by atoms with Gasteiger partial charge < -0.3 is 10.1 Å². The fourth-order valence-corrected chi connectivity index (χ4v) is 3.07. The predicted molar refractivity (Wildman–Crippen MR) is 97.6 cm³/mol. The molecule has 0 aromatic heterocycles. The van der Waals surface area contributed by atoms with Gasteiger partial charge in [0.15, 0.2) is 6.61 Å². The first-order chi connectivity index (χ1) is 11.7. The number of rotatable bonds is 6. The summed E-state index contributed by atoms with van der Waals surface area (Å²) in [5, 5.41) is 3.29. The molecule has 0 saturated carbocycles. The Morgan fingerprint density at radius 3 is 2.40 bits per heavy atom. The second-order valence-corrected chi connectivity index (χ2v) is 8.07. The number of carbonyl (C=O) groups is 1. The predicted octanol–water partition coefficient (Wildman–Crippen LogP) is 2.92. The minimum atomic E-state index is -3.49. The lowest BCUT2D eigenvalue weighted by atomic mass is 10.2. The Kier molecular flexibility index (Phi) is 6.05. The monoisotopic (exact) mass is 382 g/mol. The van der Waals surface area contributed by atoms with Crippen LogP contribution in [0.15, 0.2) is 47.4 Å². The molecule has 25 heavy (non-hydrogen) atoms. The number of nitrogens with one attached hydrogen (secondary N) is 1. The number of halogens is 1. The summed E-state index contributed by atoms with van der Waals surface area (Å²) >= 11 is 6.01. The highest BCUT2D eigenvalue weighted by Crippen LogP contribution is 2.23. The van der Waals surface area contributed by atoms with Crippen LogP contribution in [0.2, 0.25) is 5.02 Å². The zero-order chi connectivity index (χ0) is 18.6. The van der Waals surface area contributed by atoms with Crippen LogP contribution < -0.4 is 10.1 Å². The number of hydrogen-bond acceptors (Lipinski definition) is 4. The van der Waals surface area contributed by atoms with Crippen LogP contribution in [0.5, 0.6) is 5.75 Å². The van der Waals surface area contributed by atoms with E-state index in [9.17, 15) is 13.2 Å². The third-order valence-corrected chi connectivity index (χ3v) is 5.75. The summed E-state index contributed by atoms with van der Waals surface area (Å²) in [6.45, 7) is 1.61. The summed E-state index contributed by atoms with van der Waals surface area (Å²) in [7, 11) is -0.568. The van der Waals surface area contributed by atoms with E-state index in [0.29, 0.717) is 16.5 Å². The van der Waals surface area contributed by atoms with Gasteiger partial charge in [-0.15, -0.1) is 0 Å². The van der Waals surface area contributed by atoms with Crippen molar-refractivity contribution < 1.29 is 17.9 Å². The van der Waals surface area contributed by atoms with E-state index in [1.54, 1.807) is 18.2 Å². The number of ether oxygens (including phenoxy) is 1. The van der Waals surface area contributed by atoms with Crippen LogP contribution in [-0.2, 0) is 14.8 Å². The molecule has 2 rings (SSSR count). The first-order valence-corrected chi connectivity index (χ1v) is 9.24. The van der Waals surface area contributed by atoms with Crippen LogP contribution in [0.3, 0.4) is 0 Å². The van der Waals surface area contributed by atoms with Gasteiger partial charge in [-0.05, 0) is 48.9 Å². The van der Waals surface area contributed by atoms with Gasteiger partial charge in [0.2, 0.25) is 10.0 Å². The van der Waals surface area contributed by atoms with Crippen LogP contribution in [0, 0.1) is 6.92 Å². The van der Waals surface area contributed by atoms with E-state index >= 15 is 0 Å². The molecule has 1 N–H and O–H groups in total. The second kappa shape index (κ2) is 7.86. The van der Waals surface area contributed by atoms with E-state index in [2.05, 4.69) is 5.32 Å². The molecule has 6 nitrogen and oxygen atoms in total. The molecule has 0 spiro atoms. The normalized spacial score (nSPS) is 11.4. The van der Waals surface area contributed by atoms with Crippen LogP contribution in [-0.4, -0.2) is 39.3 Å². The fraction of sp³-hybridized carbons (Fsp3) is 0.235. The molecule has 8 heteroatoms. The number of sulfonamides is 1. The molecule has 1 amide bonds. The number of nitrogens with zero attached hydrogens (tertiary/aromatic N) is 1. The van der Waals surface area contributed by atoms with Crippen molar-refractivity contribution in [3.8, 4) is 5.75 Å². The van der Waals surface area contributed by atoms with Gasteiger partial charge in [0.1, 0.15) is 5.75 Å². The van der Waals surface area contributed by atoms with Gasteiger partial charge in [-0.2, -0.15) is 0 Å². The summed E-state index contributed by atoms with van der Waals surface area (Å²) in [6.07, 6.45) is 0. The van der Waals surface area contributed by atoms with Crippen molar-refractivity contribution in [1.82, 2.24) is 4.31 Å². The third kappa shape index (κ3) is 4.72. The van der Waals surface area contributed by atoms with Crippen molar-refractivity contribution in [3.05, 3.63) is 53.1 Å². The summed E-state index contributed by atoms with van der Waals surface area (Å²) in [6, 6.07) is 11.1. The van der Waals surface area contributed by atoms with E-state index in [0.717, 1.165) is 9.87 Å². The maximum atomic E-state index is 12.0. The van der Waals surface area contributed by atoms with E-state index in [4.69, 9.17) is 16.3 Å². The van der Waals surface area contributed by atoms with E-state index in [1.165, 1.54) is 38.4 Å². The highest BCUT2D eigenvalue weighted by atomic mass is 35.5. The van der Waals surface area contributed by atoms with Crippen LogP contribution in [0.1, 0.15) is 5.56 Å². The number of carbonyl (C=O) groups excluding carboxylic acids is 1. The average molecular weight is 383 g/mol. The maximum Gasteiger partial charge on any atom is 0.262 e. The molecule has 2 aromatic rings. The van der Waals surface area contributed by atoms with E-state index in [-0.39, 0.29) is 17.4 Å². The molecule has 0 radical (unpaired) electrons. The highest BCUT2D eigenvalue weighted by Gasteiger charge is 2.16. The summed E-state index contributed by atoms with van der Waals surface area (Å²) < 4.78 is 30.5. The summed E-state index contributed by atoms with van der Waals surface area (Å²) in [5.41, 5.74) is 1.39. The Hall–Kier alpha value is -2.09. The number of benzene rings is 2. The zero-order valence-electron chi connectivity index (χ0n) is 14.1. The highest BCUT2D eigenvalue weighted by molar-refractivity contribution is 7.89. The van der Waals surface area contributed by atoms with Gasteiger partial charge >= 0.3 is 0 Å². The largest absolute Gasteiger partial charge is 0.484 e. The quantitative estimate of drug-likeness (QED) is 0.833. The van der Waals surface area contributed by atoms with Gasteiger partial charge in [-0.3, -0.25) is 4.79 Å². The lowest BCUT2D eigenvalue weighted by Gasteiger charge is -2.12. The summed E-state index contributed by atoms with van der Waals surface area (Å²) in [5.74, 6) is 0.0611. The van der Waals surface area contributed by atoms with Crippen molar-refractivity contribution in [2.24, 2.45) is 0 Å². The Morgan fingerprint density at radius 2 is 1.80 bits per heavy atom. The van der Waals surface area contributed by atoms with Crippen molar-refractivity contribution in [2.75, 3.05) is 26.0 Å². The van der Waals surface area contributed by atoms with Gasteiger partial charge in [-0.1, -0.05) is 17.7 Å². The zero-order valence-corrected chi connectivity index (χ0v) is 15.7. The molecule has 2 aromatic carbocycles. The van der Waals surface area contributed by atoms with Gasteiger partial charge in [0.05, 0.1) is 4.90 Å². The molecule has 0 bridgehead atoms. The molecule has 0 aliphatic heterocycles. The number of hydrogen-bond donors (Lipinski definition) is 1. The number of anilines is 1. The van der Waals surface area contributed by atoms with Crippen molar-refractivity contribution in [1.29, 1.82) is 0 Å². The van der Waals surface area contributed by atoms with E-state index < -0.39 is 10.0 Å². The fourth-order valence-electron chi connectivity index (χ4n) is 2.00. The lowest BCUT2D eigenvalue weighted by Crippen LogP contribution is -2.22. The molecule has 134 valence electrons. The molecule has 0 aliphatic rings. The van der Waals surface area contributed by atoms with Crippen LogP contribution in [0.25, 0.3) is 0 Å². The van der Waals surface area contributed by atoms with Gasteiger partial charge in [-0.25, -0.2) is 12.7 Å². The Bertz CT molecular complexity index is 865. The first kappa shape index (κ1) is 19.2. The van der Waals surface area contributed by atoms with Gasteiger partial charge in [0, 0.05) is 24.8 Å². The molecule has 0 unspecified atom stereocenters. The molecule has 0 atom stereocenters. The molecule has 0 aliphatic carbocycles. The minimum absolute atomic E-state index is 0.156.